The van der Waals surface area contributed by atoms with Gasteiger partial charge in [0, 0.05) is 11.6 Å². The quantitative estimate of drug-likeness (QED) is 0.898. The van der Waals surface area contributed by atoms with Crippen molar-refractivity contribution in [2.45, 2.75) is 20.8 Å². The van der Waals surface area contributed by atoms with Gasteiger partial charge in [-0.15, -0.1) is 0 Å². The molecule has 1 N–H and O–H groups in total. The standard InChI is InChI=1S/C12H15ClN2O2/c1-12(2,3)10(16)7-15-11(17)9-5-4-8(13)6-14-9/h4-6H,7H2,1-3H3,(H,15,17). The number of hydrogen-bond donors (Lipinski definition) is 1. The van der Waals surface area contributed by atoms with Crippen LogP contribution < -0.4 is 5.32 Å². The van der Waals surface area contributed by atoms with E-state index in [0.717, 1.165) is 0 Å². The van der Waals surface area contributed by atoms with Gasteiger partial charge in [0.15, 0.2) is 5.78 Å². The summed E-state index contributed by atoms with van der Waals surface area (Å²) in [4.78, 5) is 27.1. The Morgan fingerprint density at radius 3 is 2.47 bits per heavy atom. The molecule has 0 spiro atoms. The van der Waals surface area contributed by atoms with Gasteiger partial charge in [-0.2, -0.15) is 0 Å². The first-order chi connectivity index (χ1) is 7.80. The smallest absolute Gasteiger partial charge is 0.270 e. The van der Waals surface area contributed by atoms with Crippen molar-refractivity contribution in [1.82, 2.24) is 10.3 Å². The Balaban J connectivity index is 2.56. The molecular formula is C12H15ClN2O2. The Kier molecular flexibility index (Phi) is 4.23. The van der Waals surface area contributed by atoms with Gasteiger partial charge in [0.2, 0.25) is 0 Å². The molecule has 0 saturated heterocycles. The van der Waals surface area contributed by atoms with Crippen molar-refractivity contribution in [2.75, 3.05) is 6.54 Å². The Labute approximate surface area is 105 Å². The van der Waals surface area contributed by atoms with Gasteiger partial charge >= 0.3 is 0 Å². The Morgan fingerprint density at radius 2 is 2.00 bits per heavy atom. The van der Waals surface area contributed by atoms with Crippen LogP contribution in [-0.2, 0) is 4.79 Å². The second kappa shape index (κ2) is 5.27. The summed E-state index contributed by atoms with van der Waals surface area (Å²) >= 11 is 5.66. The Bertz CT molecular complexity index is 421. The summed E-state index contributed by atoms with van der Waals surface area (Å²) in [5.41, 5.74) is -0.211. The van der Waals surface area contributed by atoms with Crippen LogP contribution in [0.15, 0.2) is 18.3 Å². The molecule has 0 fully saturated rings. The third kappa shape index (κ3) is 4.15. The summed E-state index contributed by atoms with van der Waals surface area (Å²) in [6.07, 6.45) is 1.39. The number of aromatic nitrogens is 1. The number of nitrogens with one attached hydrogen (secondary N) is 1. The third-order valence-corrected chi connectivity index (χ3v) is 2.43. The summed E-state index contributed by atoms with van der Waals surface area (Å²) < 4.78 is 0. The van der Waals surface area contributed by atoms with Crippen molar-refractivity contribution in [3.63, 3.8) is 0 Å². The lowest BCUT2D eigenvalue weighted by molar-refractivity contribution is -0.125. The van der Waals surface area contributed by atoms with Crippen molar-refractivity contribution < 1.29 is 9.59 Å². The number of hydrogen-bond acceptors (Lipinski definition) is 3. The highest BCUT2D eigenvalue weighted by atomic mass is 35.5. The molecule has 1 heterocycles. The summed E-state index contributed by atoms with van der Waals surface area (Å²) in [6.45, 7) is 5.43. The number of amides is 1. The zero-order valence-corrected chi connectivity index (χ0v) is 10.8. The second-order valence-electron chi connectivity index (χ2n) is 4.72. The molecule has 0 aliphatic carbocycles. The molecule has 1 aromatic heterocycles. The fourth-order valence-electron chi connectivity index (χ4n) is 1.03. The van der Waals surface area contributed by atoms with Gasteiger partial charge in [0.05, 0.1) is 11.6 Å². The number of carbonyl (C=O) groups is 2. The van der Waals surface area contributed by atoms with Crippen LogP contribution in [0.4, 0.5) is 0 Å². The molecule has 0 unspecified atom stereocenters. The highest BCUT2D eigenvalue weighted by Crippen LogP contribution is 2.13. The summed E-state index contributed by atoms with van der Waals surface area (Å²) in [5.74, 6) is -0.404. The van der Waals surface area contributed by atoms with E-state index in [1.165, 1.54) is 12.3 Å². The molecule has 0 radical (unpaired) electrons. The van der Waals surface area contributed by atoms with Crippen LogP contribution >= 0.6 is 11.6 Å². The molecule has 1 aromatic rings. The summed E-state index contributed by atoms with van der Waals surface area (Å²) in [6, 6.07) is 3.09. The van der Waals surface area contributed by atoms with E-state index < -0.39 is 5.41 Å². The maximum Gasteiger partial charge on any atom is 0.270 e. The topological polar surface area (TPSA) is 59.1 Å². The molecular weight excluding hydrogens is 240 g/mol. The molecule has 17 heavy (non-hydrogen) atoms. The Hall–Kier alpha value is -1.42. The number of rotatable bonds is 3. The molecule has 4 nitrogen and oxygen atoms in total. The SMILES string of the molecule is CC(C)(C)C(=O)CNC(=O)c1ccc(Cl)cn1. The second-order valence-corrected chi connectivity index (χ2v) is 5.15. The first-order valence-electron chi connectivity index (χ1n) is 5.24. The van der Waals surface area contributed by atoms with Crippen LogP contribution in [0.25, 0.3) is 0 Å². The maximum atomic E-state index is 11.6. The monoisotopic (exact) mass is 254 g/mol. The van der Waals surface area contributed by atoms with Gasteiger partial charge in [0.25, 0.3) is 5.91 Å². The average molecular weight is 255 g/mol. The molecule has 0 aliphatic heterocycles. The zero-order valence-electron chi connectivity index (χ0n) is 10.1. The molecule has 5 heteroatoms. The fourth-order valence-corrected chi connectivity index (χ4v) is 1.14. The first-order valence-corrected chi connectivity index (χ1v) is 5.61. The average Bonchev–Trinajstić information content (AvgIpc) is 2.25. The van der Waals surface area contributed by atoms with Gasteiger partial charge in [0.1, 0.15) is 5.69 Å². The van der Waals surface area contributed by atoms with E-state index in [2.05, 4.69) is 10.3 Å². The number of ketones is 1. The molecule has 0 bridgehead atoms. The van der Waals surface area contributed by atoms with Crippen molar-refractivity contribution in [3.05, 3.63) is 29.0 Å². The van der Waals surface area contributed by atoms with E-state index in [-0.39, 0.29) is 23.9 Å². The van der Waals surface area contributed by atoms with Crippen LogP contribution in [-0.4, -0.2) is 23.2 Å². The number of pyridine rings is 1. The van der Waals surface area contributed by atoms with Crippen LogP contribution in [0.3, 0.4) is 0 Å². The minimum Gasteiger partial charge on any atom is -0.344 e. The molecule has 1 amide bonds. The van der Waals surface area contributed by atoms with Crippen molar-refractivity contribution in [2.24, 2.45) is 5.41 Å². The molecule has 92 valence electrons. The van der Waals surface area contributed by atoms with Crippen molar-refractivity contribution in [3.8, 4) is 0 Å². The van der Waals surface area contributed by atoms with E-state index in [9.17, 15) is 9.59 Å². The van der Waals surface area contributed by atoms with Gasteiger partial charge in [-0.1, -0.05) is 32.4 Å². The molecule has 0 aromatic carbocycles. The number of Topliss-reactive ketones (excluding diaryl/α,β-unsaturated/α-hetero) is 1. The number of halogens is 1. The van der Waals surface area contributed by atoms with E-state index in [4.69, 9.17) is 11.6 Å². The lowest BCUT2D eigenvalue weighted by Crippen LogP contribution is -2.35. The highest BCUT2D eigenvalue weighted by molar-refractivity contribution is 6.30. The zero-order chi connectivity index (χ0) is 13.1. The van der Waals surface area contributed by atoms with Gasteiger partial charge in [-0.3, -0.25) is 9.59 Å². The largest absolute Gasteiger partial charge is 0.344 e. The summed E-state index contributed by atoms with van der Waals surface area (Å²) in [7, 11) is 0. The first kappa shape index (κ1) is 13.6. The predicted octanol–water partition coefficient (Wildman–Crippen LogP) is 2.08. The third-order valence-electron chi connectivity index (χ3n) is 2.21. The lowest BCUT2D eigenvalue weighted by atomic mass is 9.91. The predicted molar refractivity (Wildman–Crippen MR) is 66.0 cm³/mol. The number of nitrogens with zero attached hydrogens (tertiary/aromatic N) is 1. The Morgan fingerprint density at radius 1 is 1.35 bits per heavy atom. The molecule has 1 rings (SSSR count). The summed E-state index contributed by atoms with van der Waals surface area (Å²) in [5, 5.41) is 3.00. The lowest BCUT2D eigenvalue weighted by Gasteiger charge is -2.16. The fraction of sp³-hybridized carbons (Fsp3) is 0.417. The molecule has 0 atom stereocenters. The van der Waals surface area contributed by atoms with Crippen LogP contribution in [0.5, 0.6) is 0 Å². The minimum absolute atomic E-state index is 0.00659. The highest BCUT2D eigenvalue weighted by Gasteiger charge is 2.21. The van der Waals surface area contributed by atoms with Crippen molar-refractivity contribution in [1.29, 1.82) is 0 Å². The van der Waals surface area contributed by atoms with E-state index in [1.807, 2.05) is 20.8 Å². The van der Waals surface area contributed by atoms with Crippen LogP contribution in [0, 0.1) is 5.41 Å². The van der Waals surface area contributed by atoms with Gasteiger partial charge in [-0.25, -0.2) is 4.98 Å². The molecule has 0 saturated carbocycles. The number of carbonyl (C=O) groups excluding carboxylic acids is 2. The van der Waals surface area contributed by atoms with E-state index >= 15 is 0 Å². The minimum atomic E-state index is -0.458. The van der Waals surface area contributed by atoms with E-state index in [0.29, 0.717) is 5.02 Å². The van der Waals surface area contributed by atoms with Crippen molar-refractivity contribution >= 4 is 23.3 Å². The van der Waals surface area contributed by atoms with Gasteiger partial charge in [-0.05, 0) is 12.1 Å². The normalized spacial score (nSPS) is 11.1. The molecule has 0 aliphatic rings. The van der Waals surface area contributed by atoms with Gasteiger partial charge < -0.3 is 5.32 Å². The van der Waals surface area contributed by atoms with Crippen LogP contribution in [0.1, 0.15) is 31.3 Å². The van der Waals surface area contributed by atoms with E-state index in [1.54, 1.807) is 6.07 Å². The van der Waals surface area contributed by atoms with Crippen LogP contribution in [0.2, 0.25) is 5.02 Å². The maximum absolute atomic E-state index is 11.6.